The number of aryl methyl sites for hydroxylation is 1. The highest BCUT2D eigenvalue weighted by Gasteiger charge is 2.17. The smallest absolute Gasteiger partial charge is 0.233 e. The maximum absolute atomic E-state index is 12.8. The summed E-state index contributed by atoms with van der Waals surface area (Å²) in [5.41, 5.74) is 3.16. The van der Waals surface area contributed by atoms with Crippen LogP contribution in [0.4, 0.5) is 0 Å². The molecule has 0 atom stereocenters. The van der Waals surface area contributed by atoms with Crippen LogP contribution >= 0.6 is 11.8 Å². The van der Waals surface area contributed by atoms with Gasteiger partial charge >= 0.3 is 0 Å². The van der Waals surface area contributed by atoms with Gasteiger partial charge in [0.05, 0.1) is 18.6 Å². The molecule has 3 aromatic rings. The Morgan fingerprint density at radius 3 is 2.52 bits per heavy atom. The lowest BCUT2D eigenvalue weighted by Gasteiger charge is -2.22. The third-order valence-corrected chi connectivity index (χ3v) is 5.33. The number of amides is 1. The number of nitrogens with zero attached hydrogens (tertiary/aromatic N) is 5. The van der Waals surface area contributed by atoms with Crippen LogP contribution in [0.25, 0.3) is 5.69 Å². The number of ether oxygens (including phenoxy) is 1. The van der Waals surface area contributed by atoms with Crippen LogP contribution in [0.2, 0.25) is 0 Å². The van der Waals surface area contributed by atoms with Gasteiger partial charge in [-0.05, 0) is 53.6 Å². The van der Waals surface area contributed by atoms with E-state index in [2.05, 4.69) is 53.6 Å². The topological polar surface area (TPSA) is 73.1 Å². The van der Waals surface area contributed by atoms with Gasteiger partial charge in [0.15, 0.2) is 0 Å². The Morgan fingerprint density at radius 2 is 1.86 bits per heavy atom. The summed E-state index contributed by atoms with van der Waals surface area (Å²) in [5.74, 6) is 1.11. The van der Waals surface area contributed by atoms with Gasteiger partial charge in [-0.25, -0.2) is 0 Å². The van der Waals surface area contributed by atoms with Crippen molar-refractivity contribution < 1.29 is 9.53 Å². The molecular weight excluding hydrogens is 386 g/mol. The summed E-state index contributed by atoms with van der Waals surface area (Å²) >= 11 is 1.34. The molecule has 0 bridgehead atoms. The van der Waals surface area contributed by atoms with Gasteiger partial charge in [0.1, 0.15) is 5.75 Å². The number of benzene rings is 2. The maximum atomic E-state index is 12.8. The van der Waals surface area contributed by atoms with Crippen LogP contribution in [0.1, 0.15) is 24.5 Å². The largest absolute Gasteiger partial charge is 0.497 e. The van der Waals surface area contributed by atoms with Crippen molar-refractivity contribution in [1.82, 2.24) is 25.1 Å². The SMILES string of the molecule is CCCN(Cc1ccc(C)cc1)C(=O)CSc1nnnn1-c1ccc(OC)cc1. The Balaban J connectivity index is 1.65. The van der Waals surface area contributed by atoms with Gasteiger partial charge in [-0.15, -0.1) is 5.10 Å². The second-order valence-electron chi connectivity index (χ2n) is 6.66. The first-order chi connectivity index (χ1) is 14.1. The number of tetrazole rings is 1. The van der Waals surface area contributed by atoms with Crippen molar-refractivity contribution in [3.05, 3.63) is 59.7 Å². The average Bonchev–Trinajstić information content (AvgIpc) is 3.22. The highest BCUT2D eigenvalue weighted by molar-refractivity contribution is 7.99. The lowest BCUT2D eigenvalue weighted by atomic mass is 10.1. The minimum absolute atomic E-state index is 0.0710. The standard InChI is InChI=1S/C21H25N5O2S/c1-4-13-25(14-17-7-5-16(2)6-8-17)20(27)15-29-21-22-23-24-26(21)18-9-11-19(28-3)12-10-18/h5-12H,4,13-15H2,1-3H3. The molecule has 152 valence electrons. The van der Waals surface area contributed by atoms with Crippen LogP contribution in [0.5, 0.6) is 5.75 Å². The van der Waals surface area contributed by atoms with Gasteiger partial charge < -0.3 is 9.64 Å². The van der Waals surface area contributed by atoms with E-state index in [4.69, 9.17) is 4.74 Å². The summed E-state index contributed by atoms with van der Waals surface area (Å²) in [7, 11) is 1.62. The third kappa shape index (κ3) is 5.57. The average molecular weight is 412 g/mol. The second-order valence-corrected chi connectivity index (χ2v) is 7.60. The van der Waals surface area contributed by atoms with Crippen molar-refractivity contribution >= 4 is 17.7 Å². The van der Waals surface area contributed by atoms with Crippen molar-refractivity contribution in [2.75, 3.05) is 19.4 Å². The molecule has 7 nitrogen and oxygen atoms in total. The molecule has 0 saturated heterocycles. The van der Waals surface area contributed by atoms with Crippen LogP contribution in [0, 0.1) is 6.92 Å². The van der Waals surface area contributed by atoms with Crippen molar-refractivity contribution in [2.24, 2.45) is 0 Å². The molecule has 29 heavy (non-hydrogen) atoms. The molecule has 0 N–H and O–H groups in total. The molecule has 0 unspecified atom stereocenters. The van der Waals surface area contributed by atoms with Crippen molar-refractivity contribution in [3.8, 4) is 11.4 Å². The summed E-state index contributed by atoms with van der Waals surface area (Å²) in [4.78, 5) is 14.7. The van der Waals surface area contributed by atoms with Crippen LogP contribution in [0.15, 0.2) is 53.7 Å². The van der Waals surface area contributed by atoms with Crippen LogP contribution < -0.4 is 4.74 Å². The number of aromatic nitrogens is 4. The fourth-order valence-electron chi connectivity index (χ4n) is 2.85. The number of rotatable bonds is 9. The predicted octanol–water partition coefficient (Wildman–Crippen LogP) is 3.51. The van der Waals surface area contributed by atoms with E-state index < -0.39 is 0 Å². The van der Waals surface area contributed by atoms with Gasteiger partial charge in [-0.3, -0.25) is 4.79 Å². The van der Waals surface area contributed by atoms with Crippen molar-refractivity contribution in [2.45, 2.75) is 32.0 Å². The molecule has 0 radical (unpaired) electrons. The summed E-state index contributed by atoms with van der Waals surface area (Å²) < 4.78 is 6.81. The summed E-state index contributed by atoms with van der Waals surface area (Å²) in [6.45, 7) is 5.46. The highest BCUT2D eigenvalue weighted by atomic mass is 32.2. The molecule has 0 aliphatic carbocycles. The van der Waals surface area contributed by atoms with Crippen molar-refractivity contribution in [1.29, 1.82) is 0 Å². The Kier molecular flexibility index (Phi) is 7.24. The van der Waals surface area contributed by atoms with E-state index in [0.717, 1.165) is 30.0 Å². The molecule has 0 fully saturated rings. The first-order valence-corrected chi connectivity index (χ1v) is 10.5. The number of hydrogen-bond donors (Lipinski definition) is 0. The Hall–Kier alpha value is -2.87. The minimum Gasteiger partial charge on any atom is -0.497 e. The van der Waals surface area contributed by atoms with E-state index in [1.807, 2.05) is 29.2 Å². The molecule has 0 saturated carbocycles. The van der Waals surface area contributed by atoms with Gasteiger partial charge in [-0.1, -0.05) is 48.5 Å². The van der Waals surface area contributed by atoms with E-state index in [9.17, 15) is 4.79 Å². The Labute approximate surface area is 175 Å². The lowest BCUT2D eigenvalue weighted by molar-refractivity contribution is -0.129. The zero-order chi connectivity index (χ0) is 20.6. The van der Waals surface area contributed by atoms with Crippen LogP contribution in [-0.4, -0.2) is 50.4 Å². The Bertz CT molecular complexity index is 925. The number of hydrogen-bond acceptors (Lipinski definition) is 6. The fraction of sp³-hybridized carbons (Fsp3) is 0.333. The predicted molar refractivity (Wildman–Crippen MR) is 113 cm³/mol. The molecule has 8 heteroatoms. The van der Waals surface area contributed by atoms with Crippen LogP contribution in [0.3, 0.4) is 0 Å². The van der Waals surface area contributed by atoms with Gasteiger partial charge in [0, 0.05) is 13.1 Å². The van der Waals surface area contributed by atoms with Crippen LogP contribution in [-0.2, 0) is 11.3 Å². The van der Waals surface area contributed by atoms with Gasteiger partial charge in [0.25, 0.3) is 0 Å². The molecule has 0 spiro atoms. The summed E-state index contributed by atoms with van der Waals surface area (Å²) in [6.07, 6.45) is 0.909. The Morgan fingerprint density at radius 1 is 1.14 bits per heavy atom. The number of carbonyl (C=O) groups excluding carboxylic acids is 1. The molecule has 1 heterocycles. The number of carbonyl (C=O) groups is 1. The zero-order valence-corrected chi connectivity index (χ0v) is 17.7. The molecule has 0 aliphatic heterocycles. The van der Waals surface area contributed by atoms with Gasteiger partial charge in [-0.2, -0.15) is 4.68 Å². The quantitative estimate of drug-likeness (QED) is 0.502. The van der Waals surface area contributed by atoms with Gasteiger partial charge in [0.2, 0.25) is 11.1 Å². The molecule has 1 aromatic heterocycles. The second kappa shape index (κ2) is 10.1. The van der Waals surface area contributed by atoms with E-state index in [0.29, 0.717) is 11.7 Å². The third-order valence-electron chi connectivity index (χ3n) is 4.42. The first kappa shape index (κ1) is 20.9. The summed E-state index contributed by atoms with van der Waals surface area (Å²) in [5, 5.41) is 12.5. The van der Waals surface area contributed by atoms with E-state index in [1.54, 1.807) is 11.8 Å². The first-order valence-electron chi connectivity index (χ1n) is 9.49. The molecule has 1 amide bonds. The maximum Gasteiger partial charge on any atom is 0.233 e. The van der Waals surface area contributed by atoms with E-state index in [-0.39, 0.29) is 11.7 Å². The minimum atomic E-state index is 0.0710. The van der Waals surface area contributed by atoms with E-state index in [1.165, 1.54) is 17.3 Å². The molecule has 2 aromatic carbocycles. The number of thioether (sulfide) groups is 1. The zero-order valence-electron chi connectivity index (χ0n) is 16.9. The summed E-state index contributed by atoms with van der Waals surface area (Å²) in [6, 6.07) is 15.7. The normalized spacial score (nSPS) is 10.7. The monoisotopic (exact) mass is 411 g/mol. The fourth-order valence-corrected chi connectivity index (χ4v) is 3.64. The molecule has 3 rings (SSSR count). The molecule has 0 aliphatic rings. The van der Waals surface area contributed by atoms with E-state index >= 15 is 0 Å². The van der Waals surface area contributed by atoms with Crippen molar-refractivity contribution in [3.63, 3.8) is 0 Å². The highest BCUT2D eigenvalue weighted by Crippen LogP contribution is 2.21. The molecular formula is C21H25N5O2S. The lowest BCUT2D eigenvalue weighted by Crippen LogP contribution is -2.32. The number of methoxy groups -OCH3 is 1.